The molecule has 24 heavy (non-hydrogen) atoms. The van der Waals surface area contributed by atoms with E-state index < -0.39 is 35.4 Å². The summed E-state index contributed by atoms with van der Waals surface area (Å²) in [5.41, 5.74) is -0.150. The predicted octanol–water partition coefficient (Wildman–Crippen LogP) is -0.667. The lowest BCUT2D eigenvalue weighted by molar-refractivity contribution is -0.00469. The largest absolute Gasteiger partial charge is 0.396 e. The van der Waals surface area contributed by atoms with Crippen LogP contribution < -0.4 is 11.2 Å². The average molecular weight is 332 g/mol. The van der Waals surface area contributed by atoms with Gasteiger partial charge < -0.3 is 15.3 Å². The lowest BCUT2D eigenvalue weighted by Gasteiger charge is -2.20. The molecule has 0 unspecified atom stereocenters. The first kappa shape index (κ1) is 16.6. The number of hydrogen-bond acceptors (Lipinski definition) is 5. The lowest BCUT2D eigenvalue weighted by atomic mass is 10.1. The Labute approximate surface area is 138 Å². The van der Waals surface area contributed by atoms with E-state index in [0.29, 0.717) is 0 Å². The molecule has 2 aromatic rings. The number of rotatable bonds is 4. The molecule has 3 N–H and O–H groups in total. The second-order valence-electron chi connectivity index (χ2n) is 6.14. The highest BCUT2D eigenvalue weighted by Gasteiger charge is 2.42. The second-order valence-corrected chi connectivity index (χ2v) is 6.14. The van der Waals surface area contributed by atoms with Gasteiger partial charge in [0.2, 0.25) is 0 Å². The van der Waals surface area contributed by atoms with Gasteiger partial charge in [-0.15, -0.1) is 0 Å². The van der Waals surface area contributed by atoms with Gasteiger partial charge in [0.25, 0.3) is 5.56 Å². The van der Waals surface area contributed by atoms with Crippen molar-refractivity contribution in [2.45, 2.75) is 31.2 Å². The van der Waals surface area contributed by atoms with Crippen molar-refractivity contribution in [3.05, 3.63) is 69.0 Å². The van der Waals surface area contributed by atoms with Crippen molar-refractivity contribution >= 4 is 0 Å². The Kier molecular flexibility index (Phi) is 4.66. The molecule has 0 bridgehead atoms. The van der Waals surface area contributed by atoms with Gasteiger partial charge in [0.05, 0.1) is 18.7 Å². The summed E-state index contributed by atoms with van der Waals surface area (Å²) in [6, 6.07) is 9.73. The van der Waals surface area contributed by atoms with Gasteiger partial charge in [-0.05, 0) is 12.0 Å². The zero-order valence-electron chi connectivity index (χ0n) is 13.0. The lowest BCUT2D eigenvalue weighted by Crippen LogP contribution is -2.43. The molecule has 0 amide bonds. The minimum atomic E-state index is -1.16. The molecule has 1 saturated carbocycles. The van der Waals surface area contributed by atoms with E-state index in [1.807, 2.05) is 30.3 Å². The summed E-state index contributed by atoms with van der Waals surface area (Å²) < 4.78 is 2.37. The minimum Gasteiger partial charge on any atom is -0.396 e. The van der Waals surface area contributed by atoms with E-state index in [-0.39, 0.29) is 19.6 Å². The van der Waals surface area contributed by atoms with Crippen LogP contribution in [0.5, 0.6) is 0 Å². The molecule has 0 spiro atoms. The van der Waals surface area contributed by atoms with Crippen molar-refractivity contribution in [3.8, 4) is 0 Å². The number of aliphatic hydroxyl groups excluding tert-OH is 3. The minimum absolute atomic E-state index is 0.133. The maximum absolute atomic E-state index is 12.7. The summed E-state index contributed by atoms with van der Waals surface area (Å²) in [6.45, 7) is -0.138. The van der Waals surface area contributed by atoms with Crippen LogP contribution in [0, 0.1) is 5.92 Å². The molecule has 1 aromatic carbocycles. The van der Waals surface area contributed by atoms with Crippen molar-refractivity contribution in [1.29, 1.82) is 0 Å². The molecule has 1 aliphatic rings. The van der Waals surface area contributed by atoms with Crippen LogP contribution in [-0.4, -0.2) is 43.3 Å². The van der Waals surface area contributed by atoms with Crippen LogP contribution in [0.4, 0.5) is 0 Å². The van der Waals surface area contributed by atoms with E-state index >= 15 is 0 Å². The van der Waals surface area contributed by atoms with Crippen LogP contribution in [0.3, 0.4) is 0 Å². The molecular weight excluding hydrogens is 312 g/mol. The third kappa shape index (κ3) is 2.93. The van der Waals surface area contributed by atoms with Crippen LogP contribution >= 0.6 is 0 Å². The normalized spacial score (nSPS) is 26.6. The van der Waals surface area contributed by atoms with E-state index in [9.17, 15) is 24.9 Å². The standard InChI is InChI=1S/C17H20N2O5/c20-10-12-8-13(16(23)15(12)22)18-7-6-14(21)19(17(18)24)9-11-4-2-1-3-5-11/h1-7,12-13,15-16,20,22-23H,8-10H2/t12-,13-,15-,16+/m1/s1. The van der Waals surface area contributed by atoms with Crippen molar-refractivity contribution in [2.24, 2.45) is 5.92 Å². The fourth-order valence-corrected chi connectivity index (χ4v) is 3.25. The Hall–Kier alpha value is -2.22. The fraction of sp³-hybridized carbons (Fsp3) is 0.412. The number of aliphatic hydroxyl groups is 3. The molecule has 7 heteroatoms. The zero-order chi connectivity index (χ0) is 17.3. The Bertz CT molecular complexity index is 814. The number of hydrogen-bond donors (Lipinski definition) is 3. The number of aromatic nitrogens is 2. The molecule has 0 saturated heterocycles. The smallest absolute Gasteiger partial charge is 0.331 e. The summed E-state index contributed by atoms with van der Waals surface area (Å²) in [5.74, 6) is -0.494. The maximum Gasteiger partial charge on any atom is 0.331 e. The fourth-order valence-electron chi connectivity index (χ4n) is 3.25. The number of nitrogens with zero attached hydrogens (tertiary/aromatic N) is 2. The van der Waals surface area contributed by atoms with Crippen molar-refractivity contribution < 1.29 is 15.3 Å². The van der Waals surface area contributed by atoms with E-state index in [1.54, 1.807) is 0 Å². The van der Waals surface area contributed by atoms with Crippen LogP contribution in [0.15, 0.2) is 52.2 Å². The molecule has 3 rings (SSSR count). The first-order chi connectivity index (χ1) is 11.5. The molecule has 1 heterocycles. The topological polar surface area (TPSA) is 105 Å². The zero-order valence-corrected chi connectivity index (χ0v) is 13.0. The molecule has 1 aliphatic carbocycles. The third-order valence-corrected chi connectivity index (χ3v) is 4.64. The van der Waals surface area contributed by atoms with E-state index in [4.69, 9.17) is 0 Å². The summed E-state index contributed by atoms with van der Waals surface area (Å²) in [6.07, 6.45) is -0.654. The van der Waals surface area contributed by atoms with Crippen molar-refractivity contribution in [1.82, 2.24) is 9.13 Å². The molecule has 128 valence electrons. The molecule has 1 fully saturated rings. The predicted molar refractivity (Wildman–Crippen MR) is 86.7 cm³/mol. The van der Waals surface area contributed by atoms with Crippen LogP contribution in [-0.2, 0) is 6.54 Å². The second kappa shape index (κ2) is 6.72. The van der Waals surface area contributed by atoms with Gasteiger partial charge in [-0.2, -0.15) is 0 Å². The van der Waals surface area contributed by atoms with Gasteiger partial charge in [-0.1, -0.05) is 30.3 Å². The van der Waals surface area contributed by atoms with Gasteiger partial charge in [-0.3, -0.25) is 13.9 Å². The van der Waals surface area contributed by atoms with Crippen molar-refractivity contribution in [3.63, 3.8) is 0 Å². The summed E-state index contributed by atoms with van der Waals surface area (Å²) >= 11 is 0. The Morgan fingerprint density at radius 3 is 2.38 bits per heavy atom. The summed E-state index contributed by atoms with van der Waals surface area (Å²) in [5, 5.41) is 29.4. The third-order valence-electron chi connectivity index (χ3n) is 4.64. The highest BCUT2D eigenvalue weighted by atomic mass is 16.3. The molecule has 1 aromatic heterocycles. The molecule has 4 atom stereocenters. The van der Waals surface area contributed by atoms with E-state index in [0.717, 1.165) is 10.1 Å². The van der Waals surface area contributed by atoms with Gasteiger partial charge in [-0.25, -0.2) is 4.79 Å². The summed E-state index contributed by atoms with van der Waals surface area (Å²) in [4.78, 5) is 24.8. The first-order valence-corrected chi connectivity index (χ1v) is 7.86. The quantitative estimate of drug-likeness (QED) is 0.689. The maximum atomic E-state index is 12.7. The van der Waals surface area contributed by atoms with Gasteiger partial charge in [0.1, 0.15) is 6.10 Å². The molecule has 7 nitrogen and oxygen atoms in total. The van der Waals surface area contributed by atoms with Gasteiger partial charge in [0, 0.05) is 24.8 Å². The summed E-state index contributed by atoms with van der Waals surface area (Å²) in [7, 11) is 0. The van der Waals surface area contributed by atoms with Crippen LogP contribution in [0.2, 0.25) is 0 Å². The molecular formula is C17H20N2O5. The number of benzene rings is 1. The van der Waals surface area contributed by atoms with Crippen LogP contribution in [0.25, 0.3) is 0 Å². The monoisotopic (exact) mass is 332 g/mol. The molecule has 0 radical (unpaired) electrons. The average Bonchev–Trinajstić information content (AvgIpc) is 2.88. The highest BCUT2D eigenvalue weighted by Crippen LogP contribution is 2.34. The molecule has 0 aliphatic heterocycles. The Balaban J connectivity index is 1.98. The highest BCUT2D eigenvalue weighted by molar-refractivity contribution is 5.15. The van der Waals surface area contributed by atoms with Gasteiger partial charge >= 0.3 is 5.69 Å². The Morgan fingerprint density at radius 2 is 1.75 bits per heavy atom. The Morgan fingerprint density at radius 1 is 1.04 bits per heavy atom. The van der Waals surface area contributed by atoms with Crippen molar-refractivity contribution in [2.75, 3.05) is 6.61 Å². The van der Waals surface area contributed by atoms with E-state index in [2.05, 4.69) is 0 Å². The SMILES string of the molecule is O=c1ccn([C@@H]2C[C@H](CO)[C@@H](O)[C@H]2O)c(=O)n1Cc1ccccc1. The van der Waals surface area contributed by atoms with Gasteiger partial charge in [0.15, 0.2) is 0 Å². The first-order valence-electron chi connectivity index (χ1n) is 7.86. The van der Waals surface area contributed by atoms with E-state index in [1.165, 1.54) is 16.8 Å². The van der Waals surface area contributed by atoms with Crippen LogP contribution in [0.1, 0.15) is 18.0 Å².